The van der Waals surface area contributed by atoms with Gasteiger partial charge in [0, 0.05) is 24.3 Å². The monoisotopic (exact) mass is 448 g/mol. The van der Waals surface area contributed by atoms with E-state index in [1.807, 2.05) is 0 Å². The maximum absolute atomic E-state index is 12.6. The van der Waals surface area contributed by atoms with Crippen LogP contribution in [0, 0.1) is 0 Å². The third-order valence-corrected chi connectivity index (χ3v) is 6.56. The second kappa shape index (κ2) is 10.2. The molecule has 2 rings (SSSR count). The van der Waals surface area contributed by atoms with Gasteiger partial charge in [-0.05, 0) is 42.5 Å². The topological polar surface area (TPSA) is 119 Å². The van der Waals surface area contributed by atoms with Crippen LogP contribution in [-0.4, -0.2) is 57.9 Å². The van der Waals surface area contributed by atoms with Crippen LogP contribution in [0.3, 0.4) is 0 Å². The van der Waals surface area contributed by atoms with Gasteiger partial charge in [0.1, 0.15) is 0 Å². The van der Waals surface area contributed by atoms with Crippen molar-refractivity contribution in [2.75, 3.05) is 32.6 Å². The van der Waals surface area contributed by atoms with Crippen LogP contribution >= 0.6 is 0 Å². The van der Waals surface area contributed by atoms with Crippen LogP contribution in [0.25, 0.3) is 0 Å². The highest BCUT2D eigenvalue weighted by Gasteiger charge is 2.22. The number of sulfonamides is 1. The van der Waals surface area contributed by atoms with Crippen LogP contribution in [-0.2, 0) is 19.5 Å². The number of amides is 1. The number of anilines is 1. The fourth-order valence-electron chi connectivity index (χ4n) is 2.87. The normalized spacial score (nSPS) is 11.1. The molecule has 31 heavy (non-hydrogen) atoms. The Hall–Kier alpha value is -3.24. The number of hydrogen-bond acceptors (Lipinski definition) is 7. The molecule has 0 fully saturated rings. The number of carbonyl (C=O) groups excluding carboxylic acids is 3. The number of esters is 2. The molecule has 0 aromatic heterocycles. The molecular formula is C21H24N2O7S. The van der Waals surface area contributed by atoms with Gasteiger partial charge < -0.3 is 14.8 Å². The summed E-state index contributed by atoms with van der Waals surface area (Å²) in [4.78, 5) is 36.4. The lowest BCUT2D eigenvalue weighted by Gasteiger charge is -2.18. The molecule has 0 spiro atoms. The van der Waals surface area contributed by atoms with Crippen molar-refractivity contribution >= 4 is 33.6 Å². The first-order valence-electron chi connectivity index (χ1n) is 9.41. The van der Waals surface area contributed by atoms with E-state index in [0.29, 0.717) is 13.1 Å². The summed E-state index contributed by atoms with van der Waals surface area (Å²) in [5.41, 5.74) is 0.484. The molecule has 9 nitrogen and oxygen atoms in total. The molecule has 2 aromatic rings. The zero-order valence-electron chi connectivity index (χ0n) is 17.7. The maximum Gasteiger partial charge on any atom is 0.337 e. The number of methoxy groups -OCH3 is 2. The summed E-state index contributed by atoms with van der Waals surface area (Å²) in [7, 11) is -1.25. The fraction of sp³-hybridized carbons (Fsp3) is 0.286. The van der Waals surface area contributed by atoms with Crippen LogP contribution < -0.4 is 5.32 Å². The smallest absolute Gasteiger partial charge is 0.337 e. The van der Waals surface area contributed by atoms with Crippen molar-refractivity contribution in [2.45, 2.75) is 18.7 Å². The van der Waals surface area contributed by atoms with Crippen LogP contribution in [0.5, 0.6) is 0 Å². The van der Waals surface area contributed by atoms with E-state index in [-0.39, 0.29) is 27.3 Å². The Kier molecular flexibility index (Phi) is 7.89. The molecule has 1 amide bonds. The van der Waals surface area contributed by atoms with Gasteiger partial charge in [-0.1, -0.05) is 13.8 Å². The number of hydrogen-bond donors (Lipinski definition) is 1. The summed E-state index contributed by atoms with van der Waals surface area (Å²) in [6.45, 7) is 4.15. The minimum atomic E-state index is -3.64. The van der Waals surface area contributed by atoms with Crippen molar-refractivity contribution in [1.82, 2.24) is 4.31 Å². The molecule has 0 unspecified atom stereocenters. The van der Waals surface area contributed by atoms with Gasteiger partial charge in [-0.2, -0.15) is 4.31 Å². The predicted octanol–water partition coefficient (Wildman–Crippen LogP) is 2.54. The first-order chi connectivity index (χ1) is 14.7. The summed E-state index contributed by atoms with van der Waals surface area (Å²) < 4.78 is 35.8. The first kappa shape index (κ1) is 24.0. The van der Waals surface area contributed by atoms with E-state index in [9.17, 15) is 22.8 Å². The zero-order valence-corrected chi connectivity index (χ0v) is 18.5. The van der Waals surface area contributed by atoms with Crippen molar-refractivity contribution in [3.05, 3.63) is 59.2 Å². The van der Waals surface area contributed by atoms with Crippen molar-refractivity contribution < 1.29 is 32.3 Å². The number of ether oxygens (including phenoxy) is 2. The Morgan fingerprint density at radius 2 is 1.32 bits per heavy atom. The Bertz CT molecular complexity index is 1040. The summed E-state index contributed by atoms with van der Waals surface area (Å²) in [6.07, 6.45) is 0. The molecule has 10 heteroatoms. The number of nitrogens with one attached hydrogen (secondary N) is 1. The Morgan fingerprint density at radius 3 is 1.74 bits per heavy atom. The largest absolute Gasteiger partial charge is 0.465 e. The van der Waals surface area contributed by atoms with Gasteiger partial charge in [-0.3, -0.25) is 4.79 Å². The molecule has 0 aliphatic rings. The molecule has 0 saturated heterocycles. The van der Waals surface area contributed by atoms with Gasteiger partial charge in [0.05, 0.1) is 30.2 Å². The minimum absolute atomic E-state index is 0.0568. The Balaban J connectivity index is 2.31. The molecule has 0 heterocycles. The molecule has 0 atom stereocenters. The van der Waals surface area contributed by atoms with Crippen LogP contribution in [0.1, 0.15) is 44.9 Å². The summed E-state index contributed by atoms with van der Waals surface area (Å²) >= 11 is 0. The lowest BCUT2D eigenvalue weighted by Crippen LogP contribution is -2.30. The van der Waals surface area contributed by atoms with Gasteiger partial charge in [0.2, 0.25) is 10.0 Å². The van der Waals surface area contributed by atoms with Crippen molar-refractivity contribution in [1.29, 1.82) is 0 Å². The van der Waals surface area contributed by atoms with Gasteiger partial charge in [0.15, 0.2) is 0 Å². The van der Waals surface area contributed by atoms with Crippen molar-refractivity contribution in [2.24, 2.45) is 0 Å². The van der Waals surface area contributed by atoms with Crippen LogP contribution in [0.4, 0.5) is 5.69 Å². The standard InChI is InChI=1S/C21H24N2O7S/c1-5-23(6-2)31(27,28)18-9-7-14(8-10-18)19(24)22-17-12-15(20(25)29-3)11-16(13-17)21(26)30-4/h7-13H,5-6H2,1-4H3,(H,22,24). The van der Waals surface area contributed by atoms with E-state index in [2.05, 4.69) is 14.8 Å². The fourth-order valence-corrected chi connectivity index (χ4v) is 4.32. The average molecular weight is 448 g/mol. The van der Waals surface area contributed by atoms with E-state index < -0.39 is 27.9 Å². The Labute approximate surface area is 181 Å². The molecular weight excluding hydrogens is 424 g/mol. The van der Waals surface area contributed by atoms with Crippen LogP contribution in [0.15, 0.2) is 47.4 Å². The third-order valence-electron chi connectivity index (χ3n) is 4.49. The minimum Gasteiger partial charge on any atom is -0.465 e. The third kappa shape index (κ3) is 5.47. The lowest BCUT2D eigenvalue weighted by atomic mass is 10.1. The molecule has 1 N–H and O–H groups in total. The predicted molar refractivity (Wildman–Crippen MR) is 114 cm³/mol. The van der Waals surface area contributed by atoms with Gasteiger partial charge >= 0.3 is 11.9 Å². The number of nitrogens with zero attached hydrogens (tertiary/aromatic N) is 1. The van der Waals surface area contributed by atoms with Gasteiger partial charge in [0.25, 0.3) is 5.91 Å². The highest BCUT2D eigenvalue weighted by Crippen LogP contribution is 2.20. The zero-order chi connectivity index (χ0) is 23.2. The van der Waals surface area contributed by atoms with Crippen LogP contribution in [0.2, 0.25) is 0 Å². The van der Waals surface area contributed by atoms with E-state index in [1.54, 1.807) is 13.8 Å². The Morgan fingerprint density at radius 1 is 0.839 bits per heavy atom. The SMILES string of the molecule is CCN(CC)S(=O)(=O)c1ccc(C(=O)Nc2cc(C(=O)OC)cc(C(=O)OC)c2)cc1. The van der Waals surface area contributed by atoms with E-state index in [4.69, 9.17) is 0 Å². The quantitative estimate of drug-likeness (QED) is 0.616. The molecule has 0 aliphatic heterocycles. The molecule has 0 aliphatic carbocycles. The number of carbonyl (C=O) groups is 3. The molecule has 2 aromatic carbocycles. The van der Waals surface area contributed by atoms with E-state index in [0.717, 1.165) is 0 Å². The highest BCUT2D eigenvalue weighted by atomic mass is 32.2. The first-order valence-corrected chi connectivity index (χ1v) is 10.8. The lowest BCUT2D eigenvalue weighted by molar-refractivity contribution is 0.0598. The average Bonchev–Trinajstić information content (AvgIpc) is 2.78. The van der Waals surface area contributed by atoms with E-state index >= 15 is 0 Å². The molecule has 0 radical (unpaired) electrons. The van der Waals surface area contributed by atoms with Crippen molar-refractivity contribution in [3.8, 4) is 0 Å². The van der Waals surface area contributed by atoms with Gasteiger partial charge in [-0.15, -0.1) is 0 Å². The van der Waals surface area contributed by atoms with Gasteiger partial charge in [-0.25, -0.2) is 18.0 Å². The number of benzene rings is 2. The summed E-state index contributed by atoms with van der Waals surface area (Å²) in [5, 5.41) is 2.59. The maximum atomic E-state index is 12.6. The molecule has 0 saturated carbocycles. The summed E-state index contributed by atoms with van der Waals surface area (Å²) in [6, 6.07) is 9.49. The van der Waals surface area contributed by atoms with Crippen molar-refractivity contribution in [3.63, 3.8) is 0 Å². The number of rotatable bonds is 8. The van der Waals surface area contributed by atoms with E-state index in [1.165, 1.54) is 61.0 Å². The second-order valence-corrected chi connectivity index (χ2v) is 8.29. The molecule has 0 bridgehead atoms. The summed E-state index contributed by atoms with van der Waals surface area (Å²) in [5.74, 6) is -1.93. The molecule has 166 valence electrons. The highest BCUT2D eigenvalue weighted by molar-refractivity contribution is 7.89. The second-order valence-electron chi connectivity index (χ2n) is 6.35.